The average Bonchev–Trinajstić information content (AvgIpc) is 3.46. The van der Waals surface area contributed by atoms with Crippen LogP contribution >= 0.6 is 11.3 Å². The van der Waals surface area contributed by atoms with Crippen molar-refractivity contribution in [1.29, 1.82) is 0 Å². The summed E-state index contributed by atoms with van der Waals surface area (Å²) >= 11 is 1.77. The van der Waals surface area contributed by atoms with Crippen molar-refractivity contribution in [3.63, 3.8) is 0 Å². The summed E-state index contributed by atoms with van der Waals surface area (Å²) < 4.78 is 6.27. The molecule has 1 N–H and O–H groups in total. The molecule has 0 atom stereocenters. The minimum Gasteiger partial charge on any atom is -0.461 e. The lowest BCUT2D eigenvalue weighted by molar-refractivity contribution is 0.0941. The lowest BCUT2D eigenvalue weighted by atomic mass is 9.84. The first-order chi connectivity index (χ1) is 14.6. The second kappa shape index (κ2) is 9.00. The van der Waals surface area contributed by atoms with Crippen LogP contribution in [0.3, 0.4) is 0 Å². The third-order valence-corrected chi connectivity index (χ3v) is 6.29. The van der Waals surface area contributed by atoms with Gasteiger partial charge in [0.1, 0.15) is 11.5 Å². The highest BCUT2D eigenvalue weighted by Crippen LogP contribution is 2.37. The van der Waals surface area contributed by atoms with Crippen LogP contribution in [0.4, 0.5) is 0 Å². The maximum atomic E-state index is 11.9. The Bertz CT molecular complexity index is 1000. The SMILES string of the molecule is CC(C)N(Cc1ccc(C(O)(c2ccccc2)c2ccccc2)o1)Cc1cccs1. The van der Waals surface area contributed by atoms with Crippen molar-refractivity contribution >= 4 is 11.3 Å². The van der Waals surface area contributed by atoms with Crippen LogP contribution in [-0.2, 0) is 18.7 Å². The first-order valence-electron chi connectivity index (χ1n) is 10.3. The van der Waals surface area contributed by atoms with E-state index in [2.05, 4.69) is 36.3 Å². The second-order valence-electron chi connectivity index (χ2n) is 7.79. The number of hydrogen-bond acceptors (Lipinski definition) is 4. The van der Waals surface area contributed by atoms with Gasteiger partial charge in [-0.05, 0) is 48.6 Å². The summed E-state index contributed by atoms with van der Waals surface area (Å²) in [4.78, 5) is 3.71. The fraction of sp³-hybridized carbons (Fsp3) is 0.231. The normalized spacial score (nSPS) is 12.0. The molecule has 0 saturated heterocycles. The van der Waals surface area contributed by atoms with Gasteiger partial charge in [0.15, 0.2) is 5.60 Å². The van der Waals surface area contributed by atoms with E-state index in [9.17, 15) is 5.11 Å². The third-order valence-electron chi connectivity index (χ3n) is 5.43. The summed E-state index contributed by atoms with van der Waals surface area (Å²) in [5, 5.41) is 14.0. The van der Waals surface area contributed by atoms with Gasteiger partial charge in [-0.15, -0.1) is 11.3 Å². The molecule has 0 radical (unpaired) electrons. The van der Waals surface area contributed by atoms with Crippen LogP contribution in [0.1, 0.15) is 41.4 Å². The fourth-order valence-corrected chi connectivity index (χ4v) is 4.42. The second-order valence-corrected chi connectivity index (χ2v) is 8.82. The van der Waals surface area contributed by atoms with Gasteiger partial charge >= 0.3 is 0 Å². The molecule has 4 aromatic rings. The molecule has 154 valence electrons. The number of aliphatic hydroxyl groups is 1. The number of thiophene rings is 1. The Morgan fingerprint density at radius 3 is 2.00 bits per heavy atom. The zero-order valence-corrected chi connectivity index (χ0v) is 18.2. The Morgan fingerprint density at radius 1 is 0.833 bits per heavy atom. The monoisotopic (exact) mass is 417 g/mol. The van der Waals surface area contributed by atoms with Crippen LogP contribution in [0.25, 0.3) is 0 Å². The van der Waals surface area contributed by atoms with Crippen molar-refractivity contribution in [3.8, 4) is 0 Å². The van der Waals surface area contributed by atoms with E-state index < -0.39 is 5.60 Å². The molecule has 0 fully saturated rings. The highest BCUT2D eigenvalue weighted by molar-refractivity contribution is 7.09. The third kappa shape index (κ3) is 4.26. The first-order valence-corrected chi connectivity index (χ1v) is 11.1. The summed E-state index contributed by atoms with van der Waals surface area (Å²) in [7, 11) is 0. The van der Waals surface area contributed by atoms with E-state index in [1.807, 2.05) is 72.8 Å². The highest BCUT2D eigenvalue weighted by Gasteiger charge is 2.37. The van der Waals surface area contributed by atoms with Crippen molar-refractivity contribution in [2.45, 2.75) is 38.6 Å². The zero-order chi connectivity index (χ0) is 21.0. The molecule has 4 heteroatoms. The molecule has 0 aliphatic rings. The van der Waals surface area contributed by atoms with Crippen molar-refractivity contribution in [2.24, 2.45) is 0 Å². The van der Waals surface area contributed by atoms with E-state index in [-0.39, 0.29) is 0 Å². The lowest BCUT2D eigenvalue weighted by Gasteiger charge is -2.28. The summed E-state index contributed by atoms with van der Waals surface area (Å²) in [6.07, 6.45) is 0. The quantitative estimate of drug-likeness (QED) is 0.380. The Morgan fingerprint density at radius 2 is 1.47 bits per heavy atom. The Hall–Kier alpha value is -2.66. The van der Waals surface area contributed by atoms with E-state index in [1.54, 1.807) is 11.3 Å². The van der Waals surface area contributed by atoms with Gasteiger partial charge in [-0.3, -0.25) is 4.90 Å². The van der Waals surface area contributed by atoms with Crippen LogP contribution in [0.5, 0.6) is 0 Å². The lowest BCUT2D eigenvalue weighted by Crippen LogP contribution is -2.29. The summed E-state index contributed by atoms with van der Waals surface area (Å²) in [6, 6.07) is 27.9. The molecular weight excluding hydrogens is 390 g/mol. The topological polar surface area (TPSA) is 36.6 Å². The Kier molecular flexibility index (Phi) is 6.18. The van der Waals surface area contributed by atoms with E-state index in [4.69, 9.17) is 4.42 Å². The van der Waals surface area contributed by atoms with Gasteiger partial charge in [-0.2, -0.15) is 0 Å². The molecule has 4 rings (SSSR count). The number of furan rings is 1. The Labute approximate surface area is 182 Å². The van der Waals surface area contributed by atoms with Crippen molar-refractivity contribution in [3.05, 3.63) is 118 Å². The van der Waals surface area contributed by atoms with E-state index in [0.29, 0.717) is 18.3 Å². The molecule has 30 heavy (non-hydrogen) atoms. The zero-order valence-electron chi connectivity index (χ0n) is 17.4. The van der Waals surface area contributed by atoms with E-state index >= 15 is 0 Å². The van der Waals surface area contributed by atoms with Crippen molar-refractivity contribution in [1.82, 2.24) is 4.90 Å². The minimum atomic E-state index is -1.34. The molecule has 2 heterocycles. The molecule has 0 aliphatic heterocycles. The van der Waals surface area contributed by atoms with Crippen molar-refractivity contribution < 1.29 is 9.52 Å². The van der Waals surface area contributed by atoms with Gasteiger partial charge in [0.25, 0.3) is 0 Å². The average molecular weight is 418 g/mol. The molecule has 0 amide bonds. The first kappa shape index (κ1) is 20.6. The van der Waals surface area contributed by atoms with Gasteiger partial charge in [-0.1, -0.05) is 66.7 Å². The number of rotatable bonds is 8. The largest absolute Gasteiger partial charge is 0.461 e. The molecule has 2 aromatic carbocycles. The molecule has 0 unspecified atom stereocenters. The van der Waals surface area contributed by atoms with Crippen LogP contribution in [-0.4, -0.2) is 16.0 Å². The number of nitrogens with zero attached hydrogens (tertiary/aromatic N) is 1. The van der Waals surface area contributed by atoms with Crippen molar-refractivity contribution in [2.75, 3.05) is 0 Å². The van der Waals surface area contributed by atoms with E-state index in [0.717, 1.165) is 23.4 Å². The molecule has 3 nitrogen and oxygen atoms in total. The summed E-state index contributed by atoms with van der Waals surface area (Å²) in [5.41, 5.74) is 0.241. The summed E-state index contributed by atoms with van der Waals surface area (Å²) in [5.74, 6) is 1.38. The highest BCUT2D eigenvalue weighted by atomic mass is 32.1. The van der Waals surface area contributed by atoms with E-state index in [1.165, 1.54) is 4.88 Å². The predicted molar refractivity (Wildman–Crippen MR) is 122 cm³/mol. The molecule has 0 saturated carbocycles. The predicted octanol–water partition coefficient (Wildman–Crippen LogP) is 6.04. The van der Waals surface area contributed by atoms with Crippen LogP contribution in [0, 0.1) is 0 Å². The molecule has 0 bridgehead atoms. The summed E-state index contributed by atoms with van der Waals surface area (Å²) in [6.45, 7) is 5.96. The van der Waals surface area contributed by atoms with Gasteiger partial charge < -0.3 is 9.52 Å². The number of hydrogen-bond donors (Lipinski definition) is 1. The molecule has 0 aliphatic carbocycles. The number of benzene rings is 2. The molecule has 0 spiro atoms. The molecule has 2 aromatic heterocycles. The van der Waals surface area contributed by atoms with Crippen LogP contribution < -0.4 is 0 Å². The van der Waals surface area contributed by atoms with Gasteiger partial charge in [-0.25, -0.2) is 0 Å². The maximum absolute atomic E-state index is 11.9. The fourth-order valence-electron chi connectivity index (χ4n) is 3.69. The van der Waals surface area contributed by atoms with Gasteiger partial charge in [0.05, 0.1) is 6.54 Å². The maximum Gasteiger partial charge on any atom is 0.173 e. The standard InChI is InChI=1S/C26H27NO2S/c1-20(2)27(19-24-14-9-17-30-24)18-23-15-16-25(29-23)26(28,21-10-5-3-6-11-21)22-12-7-4-8-13-22/h3-17,20,28H,18-19H2,1-2H3. The minimum absolute atomic E-state index is 0.378. The van der Waals surface area contributed by atoms with Gasteiger partial charge in [0, 0.05) is 17.5 Å². The van der Waals surface area contributed by atoms with Gasteiger partial charge in [0.2, 0.25) is 0 Å². The van der Waals surface area contributed by atoms with Crippen LogP contribution in [0.2, 0.25) is 0 Å². The molecular formula is C26H27NO2S. The Balaban J connectivity index is 1.66. The van der Waals surface area contributed by atoms with Crippen LogP contribution in [0.15, 0.2) is 94.7 Å². The smallest absolute Gasteiger partial charge is 0.173 e.